The van der Waals surface area contributed by atoms with E-state index in [-0.39, 0.29) is 17.9 Å². The summed E-state index contributed by atoms with van der Waals surface area (Å²) in [6, 6.07) is 0. The van der Waals surface area contributed by atoms with Crippen LogP contribution in [0, 0.1) is 11.3 Å². The fourth-order valence-electron chi connectivity index (χ4n) is 1.95. The first kappa shape index (κ1) is 15.0. The first-order valence-electron chi connectivity index (χ1n) is 6.64. The molecule has 18 heavy (non-hydrogen) atoms. The number of hydrogen-bond donors (Lipinski definition) is 2. The molecule has 1 rings (SSSR count). The van der Waals surface area contributed by atoms with E-state index in [0.29, 0.717) is 19.6 Å². The van der Waals surface area contributed by atoms with Gasteiger partial charge in [0.25, 0.3) is 0 Å². The summed E-state index contributed by atoms with van der Waals surface area (Å²) < 4.78 is 5.31. The highest BCUT2D eigenvalue weighted by Crippen LogP contribution is 2.46. The molecule has 0 aromatic rings. The van der Waals surface area contributed by atoms with Gasteiger partial charge in [0.2, 0.25) is 5.91 Å². The number of aliphatic carboxylic acids is 1. The minimum atomic E-state index is -0.841. The molecule has 0 heterocycles. The lowest BCUT2D eigenvalue weighted by Crippen LogP contribution is -2.39. The summed E-state index contributed by atoms with van der Waals surface area (Å²) in [5.74, 6) is -1.38. The van der Waals surface area contributed by atoms with Gasteiger partial charge in [0.05, 0.1) is 17.9 Å². The molecular weight excluding hydrogens is 234 g/mol. The number of carbonyl (C=O) groups is 2. The monoisotopic (exact) mass is 257 g/mol. The summed E-state index contributed by atoms with van der Waals surface area (Å²) in [6.45, 7) is 5.10. The van der Waals surface area contributed by atoms with Crippen LogP contribution in [0.5, 0.6) is 0 Å². The second kappa shape index (κ2) is 6.73. The summed E-state index contributed by atoms with van der Waals surface area (Å²) in [7, 11) is 0. The van der Waals surface area contributed by atoms with E-state index < -0.39 is 11.9 Å². The van der Waals surface area contributed by atoms with Crippen LogP contribution in [0.1, 0.15) is 39.5 Å². The SMILES string of the molecule is CCCC(CNC(=O)C1(COCC)CC1)C(=O)O. The van der Waals surface area contributed by atoms with Gasteiger partial charge in [0.1, 0.15) is 0 Å². The molecule has 1 saturated carbocycles. The first-order chi connectivity index (χ1) is 8.55. The molecule has 5 heteroatoms. The van der Waals surface area contributed by atoms with Gasteiger partial charge in [-0.3, -0.25) is 9.59 Å². The number of ether oxygens (including phenoxy) is 1. The van der Waals surface area contributed by atoms with E-state index in [4.69, 9.17) is 9.84 Å². The highest BCUT2D eigenvalue weighted by Gasteiger charge is 2.50. The van der Waals surface area contributed by atoms with Crippen molar-refractivity contribution in [3.05, 3.63) is 0 Å². The van der Waals surface area contributed by atoms with Crippen LogP contribution in [0.4, 0.5) is 0 Å². The topological polar surface area (TPSA) is 75.6 Å². The van der Waals surface area contributed by atoms with Crippen molar-refractivity contribution < 1.29 is 19.4 Å². The number of nitrogens with one attached hydrogen (secondary N) is 1. The Kier molecular flexibility index (Phi) is 5.59. The van der Waals surface area contributed by atoms with E-state index >= 15 is 0 Å². The summed E-state index contributed by atoms with van der Waals surface area (Å²) in [5, 5.41) is 11.8. The summed E-state index contributed by atoms with van der Waals surface area (Å²) in [6.07, 6.45) is 3.07. The number of rotatable bonds is 9. The molecule has 0 radical (unpaired) electrons. The van der Waals surface area contributed by atoms with Gasteiger partial charge in [0, 0.05) is 13.2 Å². The molecular formula is C13H23NO4. The zero-order chi connectivity index (χ0) is 13.6. The van der Waals surface area contributed by atoms with Gasteiger partial charge >= 0.3 is 5.97 Å². The Morgan fingerprint density at radius 3 is 2.50 bits per heavy atom. The Bertz CT molecular complexity index is 299. The Hall–Kier alpha value is -1.10. The van der Waals surface area contributed by atoms with Crippen molar-refractivity contribution in [2.45, 2.75) is 39.5 Å². The van der Waals surface area contributed by atoms with Gasteiger partial charge in [-0.1, -0.05) is 13.3 Å². The molecule has 1 amide bonds. The molecule has 1 unspecified atom stereocenters. The Balaban J connectivity index is 2.38. The second-order valence-electron chi connectivity index (χ2n) is 4.95. The van der Waals surface area contributed by atoms with Crippen LogP contribution >= 0.6 is 0 Å². The van der Waals surface area contributed by atoms with Crippen LogP contribution in [-0.2, 0) is 14.3 Å². The van der Waals surface area contributed by atoms with Crippen molar-refractivity contribution in [2.24, 2.45) is 11.3 Å². The average Bonchev–Trinajstić information content (AvgIpc) is 3.12. The van der Waals surface area contributed by atoms with Crippen LogP contribution < -0.4 is 5.32 Å². The smallest absolute Gasteiger partial charge is 0.308 e. The fourth-order valence-corrected chi connectivity index (χ4v) is 1.95. The maximum Gasteiger partial charge on any atom is 0.308 e. The molecule has 0 saturated heterocycles. The van der Waals surface area contributed by atoms with Crippen LogP contribution in [0.2, 0.25) is 0 Å². The third-order valence-corrected chi connectivity index (χ3v) is 3.41. The van der Waals surface area contributed by atoms with Crippen LogP contribution in [0.3, 0.4) is 0 Å². The normalized spacial score (nSPS) is 18.1. The molecule has 0 spiro atoms. The van der Waals surface area contributed by atoms with Crippen LogP contribution in [-0.4, -0.2) is 36.7 Å². The molecule has 5 nitrogen and oxygen atoms in total. The predicted molar refractivity (Wildman–Crippen MR) is 67.2 cm³/mol. The molecule has 1 atom stereocenters. The van der Waals surface area contributed by atoms with Crippen molar-refractivity contribution in [1.82, 2.24) is 5.32 Å². The van der Waals surface area contributed by atoms with E-state index in [1.54, 1.807) is 0 Å². The van der Waals surface area contributed by atoms with E-state index in [1.807, 2.05) is 13.8 Å². The van der Waals surface area contributed by atoms with Crippen LogP contribution in [0.15, 0.2) is 0 Å². The van der Waals surface area contributed by atoms with Gasteiger partial charge in [-0.15, -0.1) is 0 Å². The molecule has 104 valence electrons. The third kappa shape index (κ3) is 3.98. The fraction of sp³-hybridized carbons (Fsp3) is 0.846. The maximum atomic E-state index is 12.0. The molecule has 1 aliphatic carbocycles. The molecule has 1 fully saturated rings. The number of carboxylic acids is 1. The maximum absolute atomic E-state index is 12.0. The largest absolute Gasteiger partial charge is 0.481 e. The summed E-state index contributed by atoms with van der Waals surface area (Å²) in [5.41, 5.74) is -0.384. The van der Waals surface area contributed by atoms with Gasteiger partial charge in [-0.05, 0) is 26.2 Å². The van der Waals surface area contributed by atoms with Gasteiger partial charge in [-0.25, -0.2) is 0 Å². The minimum Gasteiger partial charge on any atom is -0.481 e. The lowest BCUT2D eigenvalue weighted by molar-refractivity contribution is -0.142. The predicted octanol–water partition coefficient (Wildman–Crippen LogP) is 1.42. The highest BCUT2D eigenvalue weighted by molar-refractivity contribution is 5.85. The molecule has 0 bridgehead atoms. The molecule has 2 N–H and O–H groups in total. The minimum absolute atomic E-state index is 0.0571. The van der Waals surface area contributed by atoms with E-state index in [1.165, 1.54) is 0 Å². The molecule has 1 aliphatic rings. The van der Waals surface area contributed by atoms with Gasteiger partial charge < -0.3 is 15.2 Å². The molecule has 0 aliphatic heterocycles. The highest BCUT2D eigenvalue weighted by atomic mass is 16.5. The van der Waals surface area contributed by atoms with Crippen molar-refractivity contribution in [2.75, 3.05) is 19.8 Å². The first-order valence-corrected chi connectivity index (χ1v) is 6.64. The average molecular weight is 257 g/mol. The number of amides is 1. The van der Waals surface area contributed by atoms with Gasteiger partial charge in [0.15, 0.2) is 0 Å². The van der Waals surface area contributed by atoms with Crippen LogP contribution in [0.25, 0.3) is 0 Å². The van der Waals surface area contributed by atoms with Crippen molar-refractivity contribution >= 4 is 11.9 Å². The second-order valence-corrected chi connectivity index (χ2v) is 4.95. The van der Waals surface area contributed by atoms with Crippen molar-refractivity contribution in [3.8, 4) is 0 Å². The summed E-state index contributed by atoms with van der Waals surface area (Å²) >= 11 is 0. The lowest BCUT2D eigenvalue weighted by Gasteiger charge is -2.17. The molecule has 0 aromatic heterocycles. The number of hydrogen-bond acceptors (Lipinski definition) is 3. The third-order valence-electron chi connectivity index (χ3n) is 3.41. The van der Waals surface area contributed by atoms with Crippen molar-refractivity contribution in [3.63, 3.8) is 0 Å². The standard InChI is InChI=1S/C13H23NO4/c1-3-5-10(11(15)16)8-14-12(17)13(6-7-13)9-18-4-2/h10H,3-9H2,1-2H3,(H,14,17)(H,15,16). The Labute approximate surface area is 108 Å². The number of carboxylic acid groups (broad SMARTS) is 1. The number of carbonyl (C=O) groups excluding carboxylic acids is 1. The Morgan fingerprint density at radius 1 is 1.39 bits per heavy atom. The Morgan fingerprint density at radius 2 is 2.06 bits per heavy atom. The zero-order valence-electron chi connectivity index (χ0n) is 11.2. The van der Waals surface area contributed by atoms with E-state index in [2.05, 4.69) is 5.32 Å². The van der Waals surface area contributed by atoms with E-state index in [9.17, 15) is 9.59 Å². The lowest BCUT2D eigenvalue weighted by atomic mass is 10.0. The quantitative estimate of drug-likeness (QED) is 0.655. The van der Waals surface area contributed by atoms with Gasteiger partial charge in [-0.2, -0.15) is 0 Å². The summed E-state index contributed by atoms with van der Waals surface area (Å²) in [4.78, 5) is 22.9. The van der Waals surface area contributed by atoms with Crippen molar-refractivity contribution in [1.29, 1.82) is 0 Å². The van der Waals surface area contributed by atoms with E-state index in [0.717, 1.165) is 19.3 Å². The molecule has 0 aromatic carbocycles. The zero-order valence-corrected chi connectivity index (χ0v) is 11.2.